The van der Waals surface area contributed by atoms with Gasteiger partial charge in [-0.05, 0) is 26.9 Å². The SMILES string of the molecule is CN(C)CCN1CCN(C(=N)C2CCCCC2)CC1. The third-order valence-electron chi connectivity index (χ3n) is 4.57. The van der Waals surface area contributed by atoms with E-state index in [4.69, 9.17) is 5.41 Å². The number of amidine groups is 1. The molecule has 2 aliphatic rings. The van der Waals surface area contributed by atoms with Crippen LogP contribution in [-0.2, 0) is 0 Å². The van der Waals surface area contributed by atoms with Gasteiger partial charge < -0.3 is 9.80 Å². The van der Waals surface area contributed by atoms with Crippen LogP contribution >= 0.6 is 0 Å². The lowest BCUT2D eigenvalue weighted by Crippen LogP contribution is -2.51. The van der Waals surface area contributed by atoms with Crippen molar-refractivity contribution in [3.05, 3.63) is 0 Å². The molecule has 0 radical (unpaired) electrons. The average molecular weight is 266 g/mol. The van der Waals surface area contributed by atoms with Gasteiger partial charge in [-0.3, -0.25) is 10.3 Å². The smallest absolute Gasteiger partial charge is 0.0990 e. The van der Waals surface area contributed by atoms with E-state index in [1.807, 2.05) is 0 Å². The van der Waals surface area contributed by atoms with Gasteiger partial charge in [0.1, 0.15) is 0 Å². The van der Waals surface area contributed by atoms with Gasteiger partial charge in [-0.15, -0.1) is 0 Å². The molecule has 0 amide bonds. The van der Waals surface area contributed by atoms with Gasteiger partial charge in [0.15, 0.2) is 0 Å². The summed E-state index contributed by atoms with van der Waals surface area (Å²) in [7, 11) is 4.27. The molecule has 4 nitrogen and oxygen atoms in total. The van der Waals surface area contributed by atoms with Crippen LogP contribution in [0.4, 0.5) is 0 Å². The molecule has 2 fully saturated rings. The van der Waals surface area contributed by atoms with Crippen LogP contribution in [0.3, 0.4) is 0 Å². The Balaban J connectivity index is 1.71. The zero-order chi connectivity index (χ0) is 13.7. The maximum Gasteiger partial charge on any atom is 0.0990 e. The van der Waals surface area contributed by atoms with Gasteiger partial charge in [-0.25, -0.2) is 0 Å². The summed E-state index contributed by atoms with van der Waals surface area (Å²) in [5, 5.41) is 8.41. The molecule has 1 N–H and O–H groups in total. The van der Waals surface area contributed by atoms with Crippen LogP contribution in [0.25, 0.3) is 0 Å². The van der Waals surface area contributed by atoms with Crippen LogP contribution in [0.5, 0.6) is 0 Å². The highest BCUT2D eigenvalue weighted by molar-refractivity contribution is 5.81. The van der Waals surface area contributed by atoms with Crippen molar-refractivity contribution in [1.82, 2.24) is 14.7 Å². The van der Waals surface area contributed by atoms with Crippen molar-refractivity contribution >= 4 is 5.84 Å². The largest absolute Gasteiger partial charge is 0.358 e. The Morgan fingerprint density at radius 3 is 2.26 bits per heavy atom. The van der Waals surface area contributed by atoms with E-state index < -0.39 is 0 Å². The molecule has 0 atom stereocenters. The van der Waals surface area contributed by atoms with E-state index in [0.717, 1.165) is 45.1 Å². The van der Waals surface area contributed by atoms with E-state index in [0.29, 0.717) is 5.92 Å². The fourth-order valence-corrected chi connectivity index (χ4v) is 3.19. The van der Waals surface area contributed by atoms with E-state index in [1.54, 1.807) is 0 Å². The molecule has 2 rings (SSSR count). The van der Waals surface area contributed by atoms with Gasteiger partial charge in [0.2, 0.25) is 0 Å². The van der Waals surface area contributed by atoms with Crippen LogP contribution in [0, 0.1) is 11.3 Å². The summed E-state index contributed by atoms with van der Waals surface area (Å²) < 4.78 is 0. The first kappa shape index (κ1) is 14.8. The predicted octanol–water partition coefficient (Wildman–Crippen LogP) is 1.72. The number of nitrogens with one attached hydrogen (secondary N) is 1. The molecule has 0 aromatic carbocycles. The van der Waals surface area contributed by atoms with Gasteiger partial charge in [0, 0.05) is 45.2 Å². The van der Waals surface area contributed by atoms with Crippen LogP contribution < -0.4 is 0 Å². The Morgan fingerprint density at radius 2 is 1.68 bits per heavy atom. The highest BCUT2D eigenvalue weighted by Crippen LogP contribution is 2.25. The molecule has 1 heterocycles. The summed E-state index contributed by atoms with van der Waals surface area (Å²) in [6.45, 7) is 6.68. The van der Waals surface area contributed by atoms with Gasteiger partial charge >= 0.3 is 0 Å². The second-order valence-electron chi connectivity index (χ2n) is 6.35. The molecule has 1 saturated carbocycles. The van der Waals surface area contributed by atoms with E-state index in [9.17, 15) is 0 Å². The molecule has 110 valence electrons. The molecule has 1 aliphatic carbocycles. The molecule has 4 heteroatoms. The van der Waals surface area contributed by atoms with Crippen LogP contribution in [0.1, 0.15) is 32.1 Å². The molecule has 0 aromatic heterocycles. The predicted molar refractivity (Wildman–Crippen MR) is 80.9 cm³/mol. The fourth-order valence-electron chi connectivity index (χ4n) is 3.19. The highest BCUT2D eigenvalue weighted by atomic mass is 15.3. The van der Waals surface area contributed by atoms with Gasteiger partial charge in [-0.1, -0.05) is 19.3 Å². The minimum absolute atomic E-state index is 0.557. The minimum atomic E-state index is 0.557. The summed E-state index contributed by atoms with van der Waals surface area (Å²) in [4.78, 5) is 7.11. The normalized spacial score (nSPS) is 23.0. The van der Waals surface area contributed by atoms with Crippen molar-refractivity contribution in [1.29, 1.82) is 5.41 Å². The fraction of sp³-hybridized carbons (Fsp3) is 0.933. The summed E-state index contributed by atoms with van der Waals surface area (Å²) in [6, 6.07) is 0. The zero-order valence-corrected chi connectivity index (χ0v) is 12.7. The van der Waals surface area contributed by atoms with E-state index in [-0.39, 0.29) is 0 Å². The Hall–Kier alpha value is -0.610. The summed E-state index contributed by atoms with van der Waals surface area (Å²) in [6.07, 6.45) is 6.53. The van der Waals surface area contributed by atoms with Crippen molar-refractivity contribution in [2.45, 2.75) is 32.1 Å². The van der Waals surface area contributed by atoms with Gasteiger partial charge in [0.05, 0.1) is 5.84 Å². The number of hydrogen-bond acceptors (Lipinski definition) is 3. The zero-order valence-electron chi connectivity index (χ0n) is 12.7. The third-order valence-corrected chi connectivity index (χ3v) is 4.57. The highest BCUT2D eigenvalue weighted by Gasteiger charge is 2.25. The molecule has 1 aliphatic heterocycles. The first-order valence-corrected chi connectivity index (χ1v) is 7.87. The van der Waals surface area contributed by atoms with Crippen LogP contribution in [0.15, 0.2) is 0 Å². The monoisotopic (exact) mass is 266 g/mol. The third kappa shape index (κ3) is 4.46. The van der Waals surface area contributed by atoms with Crippen molar-refractivity contribution in [2.75, 3.05) is 53.4 Å². The van der Waals surface area contributed by atoms with Crippen LogP contribution in [-0.4, -0.2) is 73.9 Å². The quantitative estimate of drug-likeness (QED) is 0.621. The standard InChI is InChI=1S/C15H30N4/c1-17(2)8-9-18-10-12-19(13-11-18)15(16)14-6-4-3-5-7-14/h14,16H,3-13H2,1-2H3. The molecule has 1 saturated heterocycles. The van der Waals surface area contributed by atoms with E-state index in [1.165, 1.54) is 32.1 Å². The number of piperazine rings is 1. The lowest BCUT2D eigenvalue weighted by Gasteiger charge is -2.39. The Labute approximate surface area is 118 Å². The topological polar surface area (TPSA) is 33.6 Å². The number of likely N-dealkylation sites (N-methyl/N-ethyl adjacent to an activating group) is 1. The first-order valence-electron chi connectivity index (χ1n) is 7.87. The molecular formula is C15H30N4. The number of rotatable bonds is 4. The van der Waals surface area contributed by atoms with E-state index in [2.05, 4.69) is 28.8 Å². The second kappa shape index (κ2) is 7.25. The van der Waals surface area contributed by atoms with Crippen molar-refractivity contribution in [2.24, 2.45) is 5.92 Å². The van der Waals surface area contributed by atoms with Crippen molar-refractivity contribution < 1.29 is 0 Å². The number of nitrogens with zero attached hydrogens (tertiary/aromatic N) is 3. The maximum atomic E-state index is 8.41. The first-order chi connectivity index (χ1) is 9.16. The molecule has 0 bridgehead atoms. The molecule has 19 heavy (non-hydrogen) atoms. The van der Waals surface area contributed by atoms with Gasteiger partial charge in [-0.2, -0.15) is 0 Å². The summed E-state index contributed by atoms with van der Waals surface area (Å²) in [5.74, 6) is 1.49. The Bertz CT molecular complexity index is 276. The lowest BCUT2D eigenvalue weighted by atomic mass is 9.88. The number of hydrogen-bond donors (Lipinski definition) is 1. The maximum absolute atomic E-state index is 8.41. The average Bonchev–Trinajstić information content (AvgIpc) is 2.46. The Morgan fingerprint density at radius 1 is 1.05 bits per heavy atom. The van der Waals surface area contributed by atoms with Crippen molar-refractivity contribution in [3.8, 4) is 0 Å². The van der Waals surface area contributed by atoms with E-state index >= 15 is 0 Å². The lowest BCUT2D eigenvalue weighted by molar-refractivity contribution is 0.163. The van der Waals surface area contributed by atoms with Crippen molar-refractivity contribution in [3.63, 3.8) is 0 Å². The molecule has 0 aromatic rings. The summed E-state index contributed by atoms with van der Waals surface area (Å²) in [5.41, 5.74) is 0. The molecule has 0 spiro atoms. The molecule has 0 unspecified atom stereocenters. The Kier molecular flexibility index (Phi) is 5.64. The molecular weight excluding hydrogens is 236 g/mol. The summed E-state index contributed by atoms with van der Waals surface area (Å²) >= 11 is 0. The second-order valence-corrected chi connectivity index (χ2v) is 6.35. The van der Waals surface area contributed by atoms with Gasteiger partial charge in [0.25, 0.3) is 0 Å². The van der Waals surface area contributed by atoms with Crippen LogP contribution in [0.2, 0.25) is 0 Å². The minimum Gasteiger partial charge on any atom is -0.358 e.